The van der Waals surface area contributed by atoms with Crippen LogP contribution in [0.1, 0.15) is 26.3 Å². The maximum absolute atomic E-state index is 13.1. The Morgan fingerprint density at radius 3 is 2.35 bits per heavy atom. The fraction of sp³-hybridized carbons (Fsp3) is 0.185. The van der Waals surface area contributed by atoms with Gasteiger partial charge in [0.05, 0.1) is 11.4 Å². The largest absolute Gasteiger partial charge is 0.274 e. The third-order valence-electron chi connectivity index (χ3n) is 5.64. The first kappa shape index (κ1) is 23.3. The fourth-order valence-electron chi connectivity index (χ4n) is 3.88. The zero-order chi connectivity index (χ0) is 24.2. The summed E-state index contributed by atoms with van der Waals surface area (Å²) in [5, 5.41) is 14.4. The first-order chi connectivity index (χ1) is 16.5. The second-order valence-corrected chi connectivity index (χ2v) is 9.03. The molecule has 7 heteroatoms. The summed E-state index contributed by atoms with van der Waals surface area (Å²) in [6.07, 6.45) is 3.60. The maximum atomic E-state index is 13.1. The van der Waals surface area contributed by atoms with Crippen molar-refractivity contribution in [3.8, 4) is 23.0 Å². The Hall–Kier alpha value is -3.89. The molecule has 1 aliphatic rings. The van der Waals surface area contributed by atoms with Gasteiger partial charge in [0.1, 0.15) is 11.6 Å². The van der Waals surface area contributed by atoms with Crippen LogP contribution in [0.2, 0.25) is 0 Å². The van der Waals surface area contributed by atoms with Gasteiger partial charge in [-0.25, -0.2) is 4.68 Å². The monoisotopic (exact) mass is 468 g/mol. The van der Waals surface area contributed by atoms with Gasteiger partial charge in [-0.15, -0.1) is 11.8 Å². The summed E-state index contributed by atoms with van der Waals surface area (Å²) in [7, 11) is 0. The van der Waals surface area contributed by atoms with Crippen molar-refractivity contribution in [3.05, 3.63) is 83.1 Å². The van der Waals surface area contributed by atoms with E-state index in [9.17, 15) is 14.9 Å². The molecule has 6 nitrogen and oxygen atoms in total. The zero-order valence-electron chi connectivity index (χ0n) is 19.3. The number of nitrogens with zero attached hydrogens (tertiary/aromatic N) is 4. The molecular formula is C27H24N4O2S. The molecule has 34 heavy (non-hydrogen) atoms. The lowest BCUT2D eigenvalue weighted by atomic mass is 9.93. The number of carbonyl (C=O) groups is 2. The second-order valence-electron chi connectivity index (χ2n) is 7.69. The summed E-state index contributed by atoms with van der Waals surface area (Å²) >= 11 is 1.76. The Kier molecular flexibility index (Phi) is 6.80. The summed E-state index contributed by atoms with van der Waals surface area (Å²) in [6.45, 7) is 5.67. The standard InChI is InChI=1S/C27H24N4O2S/c1-4-30-26(32)23(18(3)24(16-28)27(30)33)15-20-17-31(21-9-7-6-8-10-21)29-25(20)19-11-13-22(14-12-19)34-5-2/h6-15,17H,4-5H2,1-3H3/b23-15+. The van der Waals surface area contributed by atoms with Crippen LogP contribution >= 0.6 is 11.8 Å². The average molecular weight is 469 g/mol. The van der Waals surface area contributed by atoms with Gasteiger partial charge in [-0.1, -0.05) is 37.3 Å². The van der Waals surface area contributed by atoms with Crippen LogP contribution in [-0.2, 0) is 9.59 Å². The summed E-state index contributed by atoms with van der Waals surface area (Å²) in [6, 6.07) is 19.9. The number of aromatic nitrogens is 2. The summed E-state index contributed by atoms with van der Waals surface area (Å²) in [5.74, 6) is 0.0342. The molecule has 0 radical (unpaired) electrons. The van der Waals surface area contributed by atoms with Crippen LogP contribution in [-0.4, -0.2) is 38.8 Å². The zero-order valence-corrected chi connectivity index (χ0v) is 20.1. The van der Waals surface area contributed by atoms with E-state index in [1.165, 1.54) is 4.90 Å². The van der Waals surface area contributed by atoms with E-state index in [0.29, 0.717) is 16.8 Å². The van der Waals surface area contributed by atoms with E-state index < -0.39 is 11.8 Å². The van der Waals surface area contributed by atoms with Gasteiger partial charge in [0.2, 0.25) is 0 Å². The van der Waals surface area contributed by atoms with Crippen molar-refractivity contribution in [2.24, 2.45) is 0 Å². The minimum atomic E-state index is -0.547. The van der Waals surface area contributed by atoms with Crippen LogP contribution in [0.4, 0.5) is 0 Å². The molecule has 1 aliphatic heterocycles. The number of hydrogen-bond acceptors (Lipinski definition) is 5. The molecule has 0 fully saturated rings. The Bertz CT molecular complexity index is 1350. The van der Waals surface area contributed by atoms with Crippen molar-refractivity contribution in [1.82, 2.24) is 14.7 Å². The summed E-state index contributed by atoms with van der Waals surface area (Å²) < 4.78 is 1.77. The molecule has 4 rings (SSSR count). The van der Waals surface area contributed by atoms with Crippen molar-refractivity contribution in [2.75, 3.05) is 12.3 Å². The van der Waals surface area contributed by atoms with Crippen LogP contribution in [0.3, 0.4) is 0 Å². The minimum Gasteiger partial charge on any atom is -0.274 e. The molecule has 3 aromatic rings. The van der Waals surface area contributed by atoms with Crippen LogP contribution in [0.25, 0.3) is 23.0 Å². The van der Waals surface area contributed by atoms with E-state index in [2.05, 4.69) is 19.1 Å². The van der Waals surface area contributed by atoms with Gasteiger partial charge in [-0.2, -0.15) is 10.4 Å². The molecule has 2 heterocycles. The molecule has 0 saturated heterocycles. The lowest BCUT2D eigenvalue weighted by Crippen LogP contribution is -2.42. The summed E-state index contributed by atoms with van der Waals surface area (Å²) in [5.41, 5.74) is 3.94. The molecule has 0 bridgehead atoms. The number of benzene rings is 2. The Morgan fingerprint density at radius 1 is 1.03 bits per heavy atom. The van der Waals surface area contributed by atoms with Gasteiger partial charge in [0.25, 0.3) is 11.8 Å². The highest BCUT2D eigenvalue weighted by Gasteiger charge is 2.34. The van der Waals surface area contributed by atoms with Gasteiger partial charge < -0.3 is 0 Å². The predicted octanol–water partition coefficient (Wildman–Crippen LogP) is 5.26. The summed E-state index contributed by atoms with van der Waals surface area (Å²) in [4.78, 5) is 28.0. The number of nitriles is 1. The van der Waals surface area contributed by atoms with Gasteiger partial charge in [0.15, 0.2) is 0 Å². The molecule has 0 unspecified atom stereocenters. The number of amides is 2. The lowest BCUT2D eigenvalue weighted by molar-refractivity contribution is -0.140. The Balaban J connectivity index is 1.89. The maximum Gasteiger partial charge on any atom is 0.271 e. The normalized spacial score (nSPS) is 15.2. The van der Waals surface area contributed by atoms with Crippen molar-refractivity contribution < 1.29 is 9.59 Å². The third kappa shape index (κ3) is 4.33. The van der Waals surface area contributed by atoms with Crippen molar-refractivity contribution in [1.29, 1.82) is 5.26 Å². The number of likely N-dealkylation sites (N-methyl/N-ethyl adjacent to an activating group) is 1. The van der Waals surface area contributed by atoms with E-state index in [4.69, 9.17) is 5.10 Å². The van der Waals surface area contributed by atoms with Crippen LogP contribution in [0.15, 0.2) is 82.4 Å². The highest BCUT2D eigenvalue weighted by molar-refractivity contribution is 7.99. The Labute approximate surface area is 203 Å². The molecule has 2 aromatic carbocycles. The Morgan fingerprint density at radius 2 is 1.74 bits per heavy atom. The highest BCUT2D eigenvalue weighted by atomic mass is 32.2. The van der Waals surface area contributed by atoms with E-state index in [0.717, 1.165) is 27.5 Å². The average Bonchev–Trinajstić information content (AvgIpc) is 3.28. The quantitative estimate of drug-likeness (QED) is 0.280. The number of hydrogen-bond donors (Lipinski definition) is 0. The van der Waals surface area contributed by atoms with Crippen molar-refractivity contribution in [2.45, 2.75) is 25.7 Å². The predicted molar refractivity (Wildman–Crippen MR) is 134 cm³/mol. The van der Waals surface area contributed by atoms with E-state index in [-0.39, 0.29) is 12.1 Å². The van der Waals surface area contributed by atoms with Gasteiger partial charge in [-0.05, 0) is 55.5 Å². The van der Waals surface area contributed by atoms with Crippen molar-refractivity contribution >= 4 is 29.7 Å². The van der Waals surface area contributed by atoms with Crippen LogP contribution in [0.5, 0.6) is 0 Å². The molecule has 0 spiro atoms. The number of carbonyl (C=O) groups excluding carboxylic acids is 2. The first-order valence-corrected chi connectivity index (χ1v) is 12.0. The van der Waals surface area contributed by atoms with E-state index in [1.807, 2.05) is 54.7 Å². The minimum absolute atomic E-state index is 0.00866. The second kappa shape index (κ2) is 9.94. The number of rotatable bonds is 6. The van der Waals surface area contributed by atoms with Crippen molar-refractivity contribution in [3.63, 3.8) is 0 Å². The van der Waals surface area contributed by atoms with Gasteiger partial charge in [0, 0.05) is 34.3 Å². The number of para-hydroxylation sites is 1. The van der Waals surface area contributed by atoms with Crippen LogP contribution < -0.4 is 0 Å². The molecule has 2 amide bonds. The highest BCUT2D eigenvalue weighted by Crippen LogP contribution is 2.32. The molecular weight excluding hydrogens is 444 g/mol. The van der Waals surface area contributed by atoms with Gasteiger partial charge >= 0.3 is 0 Å². The number of imide groups is 1. The fourth-order valence-corrected chi connectivity index (χ4v) is 4.54. The smallest absolute Gasteiger partial charge is 0.271 e. The number of thioether (sulfide) groups is 1. The lowest BCUT2D eigenvalue weighted by Gasteiger charge is -2.26. The topological polar surface area (TPSA) is 79.0 Å². The molecule has 0 saturated carbocycles. The SMILES string of the molecule is CCSc1ccc(-c2nn(-c3ccccc3)cc2/C=C2/C(=O)N(CC)C(=O)C(C#N)=C2C)cc1. The molecule has 0 atom stereocenters. The first-order valence-electron chi connectivity index (χ1n) is 11.1. The van der Waals surface area contributed by atoms with E-state index >= 15 is 0 Å². The molecule has 170 valence electrons. The third-order valence-corrected chi connectivity index (χ3v) is 6.54. The van der Waals surface area contributed by atoms with E-state index in [1.54, 1.807) is 36.4 Å². The van der Waals surface area contributed by atoms with Crippen LogP contribution in [0, 0.1) is 11.3 Å². The van der Waals surface area contributed by atoms with Gasteiger partial charge in [-0.3, -0.25) is 14.5 Å². The molecule has 0 N–H and O–H groups in total. The molecule has 1 aromatic heterocycles. The molecule has 0 aliphatic carbocycles.